The molecule has 0 heterocycles. The van der Waals surface area contributed by atoms with Gasteiger partial charge in [-0.15, -0.1) is 11.8 Å². The molecule has 180 valence electrons. The number of fused-ring (bicyclic) bond motifs is 1. The standard InChI is InChI=1S/C25H29NO6S.2Na.2H/c27-21(9-4-10-23(29)30)25(18-12-11-16-5-1-2-6-17(16)13-18)33-20-8-3-7-19(14-20)26-22(28)15-24(31)32;;;;/h3,7-8,11-14,21,25,27H,1-2,4-6,9-10,15H2,(H,26,28)(H,29,30)(H,31,32);;;;/q;2*+1;2*-1. The van der Waals surface area contributed by atoms with Crippen molar-refractivity contribution in [1.82, 2.24) is 0 Å². The number of benzene rings is 2. The number of carbonyl (C=O) groups excluding carboxylic acids is 1. The van der Waals surface area contributed by atoms with Crippen LogP contribution in [-0.2, 0) is 27.2 Å². The Bertz CT molecular complexity index is 1030. The van der Waals surface area contributed by atoms with E-state index >= 15 is 0 Å². The molecule has 0 saturated heterocycles. The van der Waals surface area contributed by atoms with Crippen LogP contribution < -0.4 is 64.4 Å². The minimum Gasteiger partial charge on any atom is -1.00 e. The first-order valence-corrected chi connectivity index (χ1v) is 12.0. The zero-order valence-electron chi connectivity index (χ0n) is 22.3. The summed E-state index contributed by atoms with van der Waals surface area (Å²) in [6.07, 6.45) is 3.78. The van der Waals surface area contributed by atoms with Gasteiger partial charge in [-0.25, -0.2) is 0 Å². The van der Waals surface area contributed by atoms with E-state index in [0.29, 0.717) is 18.5 Å². The number of aliphatic hydroxyl groups is 1. The number of carboxylic acid groups (broad SMARTS) is 2. The van der Waals surface area contributed by atoms with Crippen LogP contribution in [0.5, 0.6) is 0 Å². The van der Waals surface area contributed by atoms with Crippen LogP contribution in [-0.4, -0.2) is 39.3 Å². The molecule has 3 rings (SSSR count). The van der Waals surface area contributed by atoms with Crippen LogP contribution in [0, 0.1) is 0 Å². The summed E-state index contributed by atoms with van der Waals surface area (Å²) in [7, 11) is 0. The molecule has 0 spiro atoms. The number of anilines is 1. The Morgan fingerprint density at radius 1 is 0.971 bits per heavy atom. The van der Waals surface area contributed by atoms with E-state index in [2.05, 4.69) is 17.4 Å². The van der Waals surface area contributed by atoms with Gasteiger partial charge in [0.05, 0.1) is 11.4 Å². The Hall–Kier alpha value is -0.840. The molecular weight excluding hydrogens is 488 g/mol. The largest absolute Gasteiger partial charge is 1.00 e. The number of carboxylic acids is 2. The van der Waals surface area contributed by atoms with Crippen LogP contribution in [0.1, 0.15) is 63.3 Å². The SMILES string of the molecule is O=C(O)CCCC(O)C(Sc1cccc(NC(=O)CC(=O)O)c1)c1ccc2c(c1)CCCC2.[H-].[H-].[Na+].[Na+]. The molecule has 7 nitrogen and oxygen atoms in total. The molecule has 35 heavy (non-hydrogen) atoms. The molecule has 1 amide bonds. The maximum Gasteiger partial charge on any atom is 1.00 e. The summed E-state index contributed by atoms with van der Waals surface area (Å²) < 4.78 is 0. The Kier molecular flexibility index (Phi) is 14.8. The molecule has 0 radical (unpaired) electrons. The van der Waals surface area contributed by atoms with Gasteiger partial charge in [-0.2, -0.15) is 0 Å². The van der Waals surface area contributed by atoms with E-state index in [1.54, 1.807) is 18.2 Å². The Morgan fingerprint density at radius 3 is 2.37 bits per heavy atom. The number of thioether (sulfide) groups is 1. The molecule has 10 heteroatoms. The van der Waals surface area contributed by atoms with Crippen LogP contribution in [0.15, 0.2) is 47.4 Å². The second-order valence-corrected chi connectivity index (χ2v) is 9.49. The van der Waals surface area contributed by atoms with Crippen LogP contribution >= 0.6 is 11.8 Å². The average Bonchev–Trinajstić information content (AvgIpc) is 2.76. The Balaban J connectivity index is 0. The number of carbonyl (C=O) groups is 3. The van der Waals surface area contributed by atoms with Gasteiger partial charge in [0.25, 0.3) is 0 Å². The Labute approximate surface area is 257 Å². The molecule has 0 saturated carbocycles. The van der Waals surface area contributed by atoms with Gasteiger partial charge in [-0.05, 0) is 73.4 Å². The predicted molar refractivity (Wildman–Crippen MR) is 129 cm³/mol. The van der Waals surface area contributed by atoms with E-state index in [-0.39, 0.29) is 73.6 Å². The van der Waals surface area contributed by atoms with Gasteiger partial charge < -0.3 is 23.5 Å². The van der Waals surface area contributed by atoms with Crippen LogP contribution in [0.2, 0.25) is 0 Å². The van der Waals surface area contributed by atoms with Crippen molar-refractivity contribution in [2.24, 2.45) is 0 Å². The normalized spacial score (nSPS) is 13.9. The van der Waals surface area contributed by atoms with Gasteiger partial charge in [0.2, 0.25) is 5.91 Å². The molecule has 1 aliphatic carbocycles. The molecule has 0 aliphatic heterocycles. The van der Waals surface area contributed by atoms with Crippen molar-refractivity contribution in [3.8, 4) is 0 Å². The molecule has 2 aromatic rings. The summed E-state index contributed by atoms with van der Waals surface area (Å²) in [5, 5.41) is 31.0. The number of hydrogen-bond donors (Lipinski definition) is 4. The molecular formula is C25H31NNa2O6S. The van der Waals surface area contributed by atoms with Crippen molar-refractivity contribution in [3.63, 3.8) is 0 Å². The van der Waals surface area contributed by atoms with Crippen molar-refractivity contribution in [3.05, 3.63) is 59.2 Å². The molecule has 0 aromatic heterocycles. The summed E-state index contributed by atoms with van der Waals surface area (Å²) in [5.74, 6) is -2.69. The molecule has 2 aromatic carbocycles. The maximum absolute atomic E-state index is 11.8. The van der Waals surface area contributed by atoms with Gasteiger partial charge in [0.1, 0.15) is 6.42 Å². The second-order valence-electron chi connectivity index (χ2n) is 8.27. The molecule has 2 unspecified atom stereocenters. The number of hydrogen-bond acceptors (Lipinski definition) is 5. The van der Waals surface area contributed by atoms with E-state index in [4.69, 9.17) is 10.2 Å². The molecule has 4 N–H and O–H groups in total. The monoisotopic (exact) mass is 519 g/mol. The second kappa shape index (κ2) is 16.1. The van der Waals surface area contributed by atoms with Crippen LogP contribution in [0.25, 0.3) is 0 Å². The molecule has 0 bridgehead atoms. The van der Waals surface area contributed by atoms with E-state index in [0.717, 1.165) is 29.7 Å². The van der Waals surface area contributed by atoms with Gasteiger partial charge >= 0.3 is 71.1 Å². The molecule has 2 atom stereocenters. The van der Waals surface area contributed by atoms with Crippen LogP contribution in [0.4, 0.5) is 5.69 Å². The van der Waals surface area contributed by atoms with E-state index in [1.165, 1.54) is 29.3 Å². The van der Waals surface area contributed by atoms with Gasteiger partial charge in [-0.3, -0.25) is 14.4 Å². The molecule has 1 aliphatic rings. The van der Waals surface area contributed by atoms with Crippen molar-refractivity contribution in [1.29, 1.82) is 0 Å². The summed E-state index contributed by atoms with van der Waals surface area (Å²) >= 11 is 1.45. The topological polar surface area (TPSA) is 124 Å². The predicted octanol–water partition coefficient (Wildman–Crippen LogP) is -1.34. The maximum atomic E-state index is 11.8. The first-order valence-electron chi connectivity index (χ1n) is 11.1. The summed E-state index contributed by atoms with van der Waals surface area (Å²) in [6, 6.07) is 13.4. The van der Waals surface area contributed by atoms with Gasteiger partial charge in [0.15, 0.2) is 0 Å². The van der Waals surface area contributed by atoms with Crippen LogP contribution in [0.3, 0.4) is 0 Å². The van der Waals surface area contributed by atoms with Crippen molar-refractivity contribution in [2.75, 3.05) is 5.32 Å². The van der Waals surface area contributed by atoms with Gasteiger partial charge in [-0.1, -0.05) is 24.3 Å². The minimum absolute atomic E-state index is 0. The van der Waals surface area contributed by atoms with Crippen molar-refractivity contribution in [2.45, 2.75) is 67.6 Å². The number of aliphatic hydroxyl groups excluding tert-OH is 1. The number of rotatable bonds is 11. The fourth-order valence-corrected chi connectivity index (χ4v) is 5.27. The third-order valence-corrected chi connectivity index (χ3v) is 7.00. The summed E-state index contributed by atoms with van der Waals surface area (Å²) in [6.45, 7) is 0. The fourth-order valence-electron chi connectivity index (χ4n) is 4.05. The average molecular weight is 520 g/mol. The summed E-state index contributed by atoms with van der Waals surface area (Å²) in [4.78, 5) is 34.3. The minimum atomic E-state index is -1.20. The number of amides is 1. The third-order valence-electron chi connectivity index (χ3n) is 5.63. The van der Waals surface area contributed by atoms with Gasteiger partial charge in [0, 0.05) is 17.0 Å². The van der Waals surface area contributed by atoms with E-state index in [9.17, 15) is 19.5 Å². The third kappa shape index (κ3) is 10.6. The number of aryl methyl sites for hydroxylation is 2. The molecule has 0 fully saturated rings. The van der Waals surface area contributed by atoms with E-state index < -0.39 is 30.4 Å². The van der Waals surface area contributed by atoms with Crippen molar-refractivity contribution < 1.29 is 91.7 Å². The fraction of sp³-hybridized carbons (Fsp3) is 0.400. The quantitative estimate of drug-likeness (QED) is 0.165. The zero-order valence-corrected chi connectivity index (χ0v) is 25.1. The van der Waals surface area contributed by atoms with E-state index in [1.807, 2.05) is 12.1 Å². The zero-order chi connectivity index (χ0) is 23.8. The smallest absolute Gasteiger partial charge is 1.00 e. The number of nitrogens with one attached hydrogen (secondary N) is 1. The Morgan fingerprint density at radius 2 is 1.69 bits per heavy atom. The number of aliphatic carboxylic acids is 2. The first kappa shape index (κ1) is 32.2. The van der Waals surface area contributed by atoms with Crippen molar-refractivity contribution >= 4 is 35.3 Å². The summed E-state index contributed by atoms with van der Waals surface area (Å²) in [5.41, 5.74) is 4.12. The first-order chi connectivity index (χ1) is 15.8.